The van der Waals surface area contributed by atoms with Gasteiger partial charge in [-0.2, -0.15) is 0 Å². The molecule has 0 aliphatic carbocycles. The van der Waals surface area contributed by atoms with Gasteiger partial charge < -0.3 is 24.8 Å². The number of esters is 3. The molecule has 126 valence electrons. The van der Waals surface area contributed by atoms with Crippen LogP contribution in [0.5, 0.6) is 0 Å². The Morgan fingerprint density at radius 3 is 1.87 bits per heavy atom. The number of aliphatic carboxylic acids is 2. The molecule has 0 saturated carbocycles. The molecule has 0 saturated heterocycles. The minimum absolute atomic E-state index is 0. The van der Waals surface area contributed by atoms with Gasteiger partial charge in [0.1, 0.15) is 0 Å². The van der Waals surface area contributed by atoms with Crippen LogP contribution in [-0.4, -0.2) is 86.9 Å². The number of aliphatic hydroxyl groups is 1. The Morgan fingerprint density at radius 1 is 0.913 bits per heavy atom. The van der Waals surface area contributed by atoms with E-state index in [0.717, 1.165) is 0 Å². The fourth-order valence-electron chi connectivity index (χ4n) is 1.33. The Kier molecular flexibility index (Phi) is 11.5. The van der Waals surface area contributed by atoms with Crippen LogP contribution in [0.15, 0.2) is 0 Å². The summed E-state index contributed by atoms with van der Waals surface area (Å²) in [5.74, 6) is -6.78. The number of rotatable bonds is 9. The first kappa shape index (κ1) is 23.8. The summed E-state index contributed by atoms with van der Waals surface area (Å²) in [7, 11) is 0. The van der Waals surface area contributed by atoms with E-state index in [1.165, 1.54) is 6.92 Å². The SMILES string of the molecule is CCOC(=O)CC(O)(CC(=O)OC(=O)CCC(=O)O)C(=O)O.[NaH]. The van der Waals surface area contributed by atoms with Crippen molar-refractivity contribution >= 4 is 59.4 Å². The predicted molar refractivity (Wildman–Crippen MR) is 73.6 cm³/mol. The molecule has 0 aromatic carbocycles. The number of carbonyl (C=O) groups excluding carboxylic acids is 3. The number of hydrogen-bond acceptors (Lipinski definition) is 8. The van der Waals surface area contributed by atoms with E-state index in [4.69, 9.17) is 10.2 Å². The van der Waals surface area contributed by atoms with E-state index in [1.54, 1.807) is 0 Å². The zero-order valence-corrected chi connectivity index (χ0v) is 11.7. The summed E-state index contributed by atoms with van der Waals surface area (Å²) in [5.41, 5.74) is -2.78. The van der Waals surface area contributed by atoms with Crippen LogP contribution >= 0.6 is 0 Å². The van der Waals surface area contributed by atoms with E-state index in [0.29, 0.717) is 0 Å². The minimum atomic E-state index is -2.78. The monoisotopic (exact) mass is 344 g/mol. The van der Waals surface area contributed by atoms with E-state index >= 15 is 0 Å². The van der Waals surface area contributed by atoms with Gasteiger partial charge in [0, 0.05) is 0 Å². The molecule has 1 atom stereocenters. The molecule has 0 radical (unpaired) electrons. The summed E-state index contributed by atoms with van der Waals surface area (Å²) in [6.07, 6.45) is -3.34. The fourth-order valence-corrected chi connectivity index (χ4v) is 1.33. The molecule has 0 rings (SSSR count). The number of hydrogen-bond donors (Lipinski definition) is 3. The second-order valence-corrected chi connectivity index (χ2v) is 4.24. The Hall–Kier alpha value is -1.49. The average molecular weight is 344 g/mol. The van der Waals surface area contributed by atoms with Crippen molar-refractivity contribution in [1.29, 1.82) is 0 Å². The summed E-state index contributed by atoms with van der Waals surface area (Å²) in [4.78, 5) is 54.9. The van der Waals surface area contributed by atoms with Crippen LogP contribution in [0.4, 0.5) is 0 Å². The zero-order valence-electron chi connectivity index (χ0n) is 11.7. The standard InChI is InChI=1S/C12H16O10.Na.H/c1-2-21-9(16)5-12(20,11(18)19)6-10(17)22-8(15)4-3-7(13)14;;/h20H,2-6H2,1H3,(H,13,14)(H,18,19);;. The van der Waals surface area contributed by atoms with Crippen molar-refractivity contribution in [3.63, 3.8) is 0 Å². The second kappa shape index (κ2) is 11.1. The third-order valence-electron chi connectivity index (χ3n) is 2.35. The summed E-state index contributed by atoms with van der Waals surface area (Å²) < 4.78 is 8.64. The van der Waals surface area contributed by atoms with Crippen molar-refractivity contribution in [2.75, 3.05) is 6.61 Å². The quantitative estimate of drug-likeness (QED) is 0.253. The summed E-state index contributed by atoms with van der Waals surface area (Å²) in [6.45, 7) is 1.42. The molecule has 0 aliphatic heterocycles. The molecular weight excluding hydrogens is 327 g/mol. The molecule has 0 spiro atoms. The topological polar surface area (TPSA) is 164 Å². The number of carbonyl (C=O) groups is 5. The van der Waals surface area contributed by atoms with E-state index in [9.17, 15) is 29.1 Å². The van der Waals surface area contributed by atoms with Gasteiger partial charge in [0.15, 0.2) is 5.60 Å². The molecule has 10 nitrogen and oxygen atoms in total. The van der Waals surface area contributed by atoms with Crippen molar-refractivity contribution in [1.82, 2.24) is 0 Å². The first-order valence-electron chi connectivity index (χ1n) is 6.17. The Balaban J connectivity index is 0. The van der Waals surface area contributed by atoms with Gasteiger partial charge in [0.2, 0.25) is 0 Å². The van der Waals surface area contributed by atoms with Gasteiger partial charge in [-0.1, -0.05) is 0 Å². The maximum absolute atomic E-state index is 11.4. The summed E-state index contributed by atoms with van der Waals surface area (Å²) >= 11 is 0. The van der Waals surface area contributed by atoms with Gasteiger partial charge in [-0.25, -0.2) is 4.79 Å². The van der Waals surface area contributed by atoms with Crippen LogP contribution < -0.4 is 0 Å². The number of carboxylic acids is 2. The Labute approximate surface area is 153 Å². The fraction of sp³-hybridized carbons (Fsp3) is 0.583. The van der Waals surface area contributed by atoms with Crippen molar-refractivity contribution in [3.8, 4) is 0 Å². The van der Waals surface area contributed by atoms with Gasteiger partial charge in [-0.05, 0) is 6.92 Å². The number of carboxylic acid groups (broad SMARTS) is 2. The van der Waals surface area contributed by atoms with Crippen molar-refractivity contribution in [2.45, 2.75) is 38.2 Å². The van der Waals surface area contributed by atoms with Gasteiger partial charge in [-0.3, -0.25) is 19.2 Å². The molecule has 3 N–H and O–H groups in total. The average Bonchev–Trinajstić information content (AvgIpc) is 2.35. The maximum atomic E-state index is 11.4. The zero-order chi connectivity index (χ0) is 17.3. The molecule has 0 heterocycles. The molecule has 0 aromatic rings. The van der Waals surface area contributed by atoms with Crippen molar-refractivity contribution in [2.24, 2.45) is 0 Å². The molecule has 11 heteroatoms. The summed E-state index contributed by atoms with van der Waals surface area (Å²) in [6, 6.07) is 0. The van der Waals surface area contributed by atoms with E-state index in [1.807, 2.05) is 0 Å². The molecule has 0 aliphatic rings. The normalized spacial score (nSPS) is 12.3. The Bertz CT molecular complexity index is 474. The van der Waals surface area contributed by atoms with Crippen LogP contribution in [0.25, 0.3) is 0 Å². The van der Waals surface area contributed by atoms with E-state index in [2.05, 4.69) is 9.47 Å². The molecule has 1 unspecified atom stereocenters. The van der Waals surface area contributed by atoms with Crippen LogP contribution in [0.2, 0.25) is 0 Å². The van der Waals surface area contributed by atoms with Gasteiger partial charge in [0.05, 0.1) is 32.3 Å². The third kappa shape index (κ3) is 10.00. The van der Waals surface area contributed by atoms with Gasteiger partial charge >= 0.3 is 59.4 Å². The first-order valence-corrected chi connectivity index (χ1v) is 6.17. The van der Waals surface area contributed by atoms with Crippen LogP contribution in [0, 0.1) is 0 Å². The van der Waals surface area contributed by atoms with Crippen LogP contribution in [0.1, 0.15) is 32.6 Å². The van der Waals surface area contributed by atoms with E-state index in [-0.39, 0.29) is 36.2 Å². The molecule has 0 bridgehead atoms. The number of ether oxygens (including phenoxy) is 2. The van der Waals surface area contributed by atoms with Gasteiger partial charge in [-0.15, -0.1) is 0 Å². The van der Waals surface area contributed by atoms with Crippen molar-refractivity contribution in [3.05, 3.63) is 0 Å². The molecule has 0 aromatic heterocycles. The molecular formula is C12H17NaO10. The van der Waals surface area contributed by atoms with Crippen LogP contribution in [0.3, 0.4) is 0 Å². The van der Waals surface area contributed by atoms with Crippen molar-refractivity contribution < 1.29 is 48.8 Å². The molecule has 0 amide bonds. The van der Waals surface area contributed by atoms with Gasteiger partial charge in [0.25, 0.3) is 0 Å². The summed E-state index contributed by atoms with van der Waals surface area (Å²) in [5, 5.41) is 27.0. The Morgan fingerprint density at radius 2 is 1.43 bits per heavy atom. The first-order chi connectivity index (χ1) is 10.1. The predicted octanol–water partition coefficient (Wildman–Crippen LogP) is -1.57. The second-order valence-electron chi connectivity index (χ2n) is 4.24. The third-order valence-corrected chi connectivity index (χ3v) is 2.35. The molecule has 23 heavy (non-hydrogen) atoms. The van der Waals surface area contributed by atoms with Crippen LogP contribution in [-0.2, 0) is 33.4 Å². The molecule has 0 fully saturated rings. The van der Waals surface area contributed by atoms with E-state index < -0.39 is 61.1 Å².